The van der Waals surface area contributed by atoms with Crippen LogP contribution in [0.4, 0.5) is 5.69 Å². The fourth-order valence-electron chi connectivity index (χ4n) is 4.36. The Morgan fingerprint density at radius 3 is 2.41 bits per heavy atom. The van der Waals surface area contributed by atoms with Gasteiger partial charge in [0, 0.05) is 30.8 Å². The SMILES string of the molecule is CCC1SC[C@@H](C(=O)N[C@@H](Cc2ccc(NC(=O)CCCCNC(=N)N)cc2)C(=O)O)N1S(=O)(=O)c1ccccc1. The van der Waals surface area contributed by atoms with Crippen LogP contribution in [-0.4, -0.2) is 71.3 Å². The van der Waals surface area contributed by atoms with Crippen molar-refractivity contribution in [2.24, 2.45) is 5.73 Å². The van der Waals surface area contributed by atoms with Gasteiger partial charge in [0.2, 0.25) is 21.8 Å². The number of amides is 2. The molecule has 2 amide bonds. The van der Waals surface area contributed by atoms with Crippen LogP contribution in [0.2, 0.25) is 0 Å². The van der Waals surface area contributed by atoms with E-state index in [1.165, 1.54) is 28.2 Å². The van der Waals surface area contributed by atoms with Gasteiger partial charge in [-0.2, -0.15) is 4.31 Å². The molecule has 2 aromatic rings. The molecule has 2 aromatic carbocycles. The number of unbranched alkanes of at least 4 members (excludes halogenated alkanes) is 1. The van der Waals surface area contributed by atoms with E-state index < -0.39 is 39.4 Å². The van der Waals surface area contributed by atoms with Crippen molar-refractivity contribution in [1.29, 1.82) is 5.41 Å². The highest BCUT2D eigenvalue weighted by atomic mass is 32.2. The number of carboxylic acids is 1. The first kappa shape index (κ1) is 31.9. The molecule has 41 heavy (non-hydrogen) atoms. The Morgan fingerprint density at radius 2 is 1.80 bits per heavy atom. The first-order chi connectivity index (χ1) is 19.5. The van der Waals surface area contributed by atoms with Crippen LogP contribution < -0.4 is 21.7 Å². The Kier molecular flexibility index (Phi) is 11.6. The average molecular weight is 605 g/mol. The number of sulfonamides is 1. The molecule has 222 valence electrons. The third-order valence-electron chi connectivity index (χ3n) is 6.45. The van der Waals surface area contributed by atoms with Gasteiger partial charge in [-0.15, -0.1) is 11.8 Å². The van der Waals surface area contributed by atoms with Crippen LogP contribution in [0.3, 0.4) is 0 Å². The normalized spacial score (nSPS) is 17.9. The molecule has 0 saturated carbocycles. The number of carbonyl (C=O) groups excluding carboxylic acids is 2. The fraction of sp³-hybridized carbons (Fsp3) is 0.407. The molecule has 12 nitrogen and oxygen atoms in total. The van der Waals surface area contributed by atoms with Gasteiger partial charge in [0.15, 0.2) is 5.96 Å². The molecule has 0 aliphatic carbocycles. The zero-order valence-corrected chi connectivity index (χ0v) is 24.3. The monoisotopic (exact) mass is 604 g/mol. The molecule has 0 bridgehead atoms. The zero-order chi connectivity index (χ0) is 30.0. The summed E-state index contributed by atoms with van der Waals surface area (Å²) in [6.07, 6.45) is 2.06. The maximum atomic E-state index is 13.4. The predicted octanol–water partition coefficient (Wildman–Crippen LogP) is 1.93. The summed E-state index contributed by atoms with van der Waals surface area (Å²) in [6, 6.07) is 12.2. The molecule has 1 saturated heterocycles. The van der Waals surface area contributed by atoms with Crippen molar-refractivity contribution >= 4 is 51.2 Å². The number of carboxylic acid groups (broad SMARTS) is 1. The van der Waals surface area contributed by atoms with E-state index in [0.29, 0.717) is 43.5 Å². The largest absolute Gasteiger partial charge is 0.480 e. The van der Waals surface area contributed by atoms with E-state index in [1.807, 2.05) is 6.92 Å². The van der Waals surface area contributed by atoms with Crippen molar-refractivity contribution < 1.29 is 27.9 Å². The molecule has 14 heteroatoms. The number of hydrogen-bond donors (Lipinski definition) is 6. The van der Waals surface area contributed by atoms with E-state index >= 15 is 0 Å². The Morgan fingerprint density at radius 1 is 1.12 bits per heavy atom. The number of nitrogens with one attached hydrogen (secondary N) is 4. The number of aliphatic carboxylic acids is 1. The highest BCUT2D eigenvalue weighted by Crippen LogP contribution is 2.36. The maximum absolute atomic E-state index is 13.4. The number of thioether (sulfide) groups is 1. The number of guanidine groups is 1. The lowest BCUT2D eigenvalue weighted by Gasteiger charge is -2.28. The third kappa shape index (κ3) is 8.93. The summed E-state index contributed by atoms with van der Waals surface area (Å²) in [6.45, 7) is 2.35. The summed E-state index contributed by atoms with van der Waals surface area (Å²) in [5.74, 6) is -1.98. The van der Waals surface area contributed by atoms with Crippen molar-refractivity contribution in [3.8, 4) is 0 Å². The smallest absolute Gasteiger partial charge is 0.326 e. The Labute approximate surface area is 244 Å². The molecular weight excluding hydrogens is 568 g/mol. The molecule has 1 aliphatic rings. The fourth-order valence-corrected chi connectivity index (χ4v) is 7.93. The van der Waals surface area contributed by atoms with Crippen LogP contribution in [0.5, 0.6) is 0 Å². The van der Waals surface area contributed by atoms with Crippen molar-refractivity contribution in [3.05, 3.63) is 60.2 Å². The van der Waals surface area contributed by atoms with E-state index in [1.54, 1.807) is 42.5 Å². The van der Waals surface area contributed by atoms with Gasteiger partial charge < -0.3 is 26.8 Å². The van der Waals surface area contributed by atoms with E-state index in [-0.39, 0.29) is 28.9 Å². The summed E-state index contributed by atoms with van der Waals surface area (Å²) in [5, 5.41) is 24.5. The summed E-state index contributed by atoms with van der Waals surface area (Å²) < 4.78 is 28.0. The van der Waals surface area contributed by atoms with Crippen LogP contribution in [0.25, 0.3) is 0 Å². The van der Waals surface area contributed by atoms with Gasteiger partial charge in [-0.05, 0) is 49.1 Å². The minimum absolute atomic E-state index is 0.0268. The molecule has 1 unspecified atom stereocenters. The number of anilines is 1. The maximum Gasteiger partial charge on any atom is 0.326 e. The highest BCUT2D eigenvalue weighted by Gasteiger charge is 2.46. The summed E-state index contributed by atoms with van der Waals surface area (Å²) in [7, 11) is -3.98. The molecule has 0 radical (unpaired) electrons. The van der Waals surface area contributed by atoms with Gasteiger partial charge in [0.05, 0.1) is 10.3 Å². The Bertz CT molecular complexity index is 1320. The highest BCUT2D eigenvalue weighted by molar-refractivity contribution is 8.01. The van der Waals surface area contributed by atoms with Crippen molar-refractivity contribution in [1.82, 2.24) is 14.9 Å². The molecule has 1 aliphatic heterocycles. The molecule has 3 atom stereocenters. The van der Waals surface area contributed by atoms with Gasteiger partial charge in [-0.3, -0.25) is 15.0 Å². The standard InChI is InChI=1S/C27H36N6O6S2/c1-2-24-33(41(38,39)20-8-4-3-5-9-20)22(17-40-24)25(35)32-21(26(36)37)16-18-11-13-19(14-12-18)31-23(34)10-6-7-15-30-27(28)29/h3-5,8-9,11-14,21-22,24H,2,6-7,10,15-17H2,1H3,(H,31,34)(H,32,35)(H,36,37)(H4,28,29,30)/t21-,22-,24?/m0/s1. The van der Waals surface area contributed by atoms with Gasteiger partial charge in [0.1, 0.15) is 12.1 Å². The molecular formula is C27H36N6O6S2. The summed E-state index contributed by atoms with van der Waals surface area (Å²) in [4.78, 5) is 37.6. The van der Waals surface area contributed by atoms with Crippen LogP contribution in [0, 0.1) is 5.41 Å². The topological polar surface area (TPSA) is 195 Å². The van der Waals surface area contributed by atoms with Crippen LogP contribution >= 0.6 is 11.8 Å². The van der Waals surface area contributed by atoms with Crippen LogP contribution in [-0.2, 0) is 30.8 Å². The number of hydrogen-bond acceptors (Lipinski definition) is 7. The lowest BCUT2D eigenvalue weighted by molar-refractivity contribution is -0.142. The molecule has 1 fully saturated rings. The predicted molar refractivity (Wildman–Crippen MR) is 158 cm³/mol. The Hall–Kier alpha value is -3.62. The molecule has 3 rings (SSSR count). The second kappa shape index (κ2) is 14.8. The average Bonchev–Trinajstić information content (AvgIpc) is 3.39. The van der Waals surface area contributed by atoms with Crippen LogP contribution in [0.15, 0.2) is 59.5 Å². The minimum Gasteiger partial charge on any atom is -0.480 e. The van der Waals surface area contributed by atoms with E-state index in [4.69, 9.17) is 11.1 Å². The van der Waals surface area contributed by atoms with Gasteiger partial charge in [0.25, 0.3) is 0 Å². The molecule has 7 N–H and O–H groups in total. The zero-order valence-electron chi connectivity index (χ0n) is 22.7. The molecule has 0 aromatic heterocycles. The van der Waals surface area contributed by atoms with Gasteiger partial charge in [-0.25, -0.2) is 13.2 Å². The number of benzene rings is 2. The third-order valence-corrected chi connectivity index (χ3v) is 9.96. The number of carbonyl (C=O) groups is 3. The lowest BCUT2D eigenvalue weighted by atomic mass is 10.0. The molecule has 1 heterocycles. The lowest BCUT2D eigenvalue weighted by Crippen LogP contribution is -2.53. The quantitative estimate of drug-likeness (QED) is 0.106. The first-order valence-corrected chi connectivity index (χ1v) is 15.7. The summed E-state index contributed by atoms with van der Waals surface area (Å²) in [5.41, 5.74) is 6.38. The first-order valence-electron chi connectivity index (χ1n) is 13.2. The second-order valence-electron chi connectivity index (χ2n) is 9.51. The molecule has 0 spiro atoms. The van der Waals surface area contributed by atoms with E-state index in [2.05, 4.69) is 16.0 Å². The Balaban J connectivity index is 1.61. The van der Waals surface area contributed by atoms with Crippen molar-refractivity contribution in [2.45, 2.75) is 61.4 Å². The van der Waals surface area contributed by atoms with Crippen molar-refractivity contribution in [3.63, 3.8) is 0 Å². The van der Waals surface area contributed by atoms with E-state index in [9.17, 15) is 27.9 Å². The van der Waals surface area contributed by atoms with E-state index in [0.717, 1.165) is 0 Å². The summed E-state index contributed by atoms with van der Waals surface area (Å²) >= 11 is 1.35. The van der Waals surface area contributed by atoms with Crippen molar-refractivity contribution in [2.75, 3.05) is 17.6 Å². The second-order valence-corrected chi connectivity index (χ2v) is 12.6. The number of nitrogens with zero attached hydrogens (tertiary/aromatic N) is 1. The van der Waals surface area contributed by atoms with Gasteiger partial charge in [-0.1, -0.05) is 37.3 Å². The number of nitrogens with two attached hydrogens (primary N) is 1. The van der Waals surface area contributed by atoms with Crippen LogP contribution in [0.1, 0.15) is 38.2 Å². The number of rotatable bonds is 14. The minimum atomic E-state index is -3.98. The van der Waals surface area contributed by atoms with Gasteiger partial charge >= 0.3 is 5.97 Å².